The largest absolute Gasteiger partial charge is 0.481 e. The first-order chi connectivity index (χ1) is 7.58. The number of aromatic nitrogens is 2. The van der Waals surface area contributed by atoms with Crippen molar-refractivity contribution in [1.82, 2.24) is 9.78 Å². The van der Waals surface area contributed by atoms with E-state index in [1.54, 1.807) is 23.9 Å². The van der Waals surface area contributed by atoms with Crippen molar-refractivity contribution in [2.75, 3.05) is 0 Å². The summed E-state index contributed by atoms with van der Waals surface area (Å²) in [4.78, 5) is 10.7. The molecule has 2 aromatic rings. The Morgan fingerprint density at radius 3 is 3.00 bits per heavy atom. The number of carbonyl (C=O) groups is 1. The number of benzene rings is 1. The van der Waals surface area contributed by atoms with Gasteiger partial charge in [0.2, 0.25) is 0 Å². The molecule has 0 saturated heterocycles. The van der Waals surface area contributed by atoms with Gasteiger partial charge in [-0.15, -0.1) is 0 Å². The maximum Gasteiger partial charge on any atom is 0.308 e. The van der Waals surface area contributed by atoms with Crippen LogP contribution < -0.4 is 0 Å². The third kappa shape index (κ3) is 2.02. The minimum absolute atomic E-state index is 0.348. The molecule has 0 bridgehead atoms. The van der Waals surface area contributed by atoms with E-state index in [-0.39, 0.29) is 0 Å². The smallest absolute Gasteiger partial charge is 0.308 e. The number of hydrogen-bond donors (Lipinski definition) is 1. The molecule has 0 amide bonds. The number of carboxylic acids is 1. The minimum atomic E-state index is -0.828. The van der Waals surface area contributed by atoms with Crippen LogP contribution in [0.3, 0.4) is 0 Å². The highest BCUT2D eigenvalue weighted by Gasteiger charge is 2.13. The SMILES string of the molecule is CC(Cn1cc2c(Cl)cccc2n1)C(=O)O. The van der Waals surface area contributed by atoms with Gasteiger partial charge in [-0.05, 0) is 12.1 Å². The van der Waals surface area contributed by atoms with Gasteiger partial charge < -0.3 is 5.11 Å². The lowest BCUT2D eigenvalue weighted by Crippen LogP contribution is -2.16. The normalized spacial score (nSPS) is 12.9. The quantitative estimate of drug-likeness (QED) is 0.894. The molecule has 0 fully saturated rings. The van der Waals surface area contributed by atoms with Crippen molar-refractivity contribution in [1.29, 1.82) is 0 Å². The van der Waals surface area contributed by atoms with Gasteiger partial charge in [-0.3, -0.25) is 9.48 Å². The summed E-state index contributed by atoms with van der Waals surface area (Å²) < 4.78 is 1.62. The fraction of sp³-hybridized carbons (Fsp3) is 0.273. The fourth-order valence-electron chi connectivity index (χ4n) is 1.51. The summed E-state index contributed by atoms with van der Waals surface area (Å²) in [5.41, 5.74) is 0.782. The van der Waals surface area contributed by atoms with Gasteiger partial charge in [-0.2, -0.15) is 5.10 Å². The molecule has 0 aliphatic rings. The zero-order valence-electron chi connectivity index (χ0n) is 8.72. The summed E-state index contributed by atoms with van der Waals surface area (Å²) >= 11 is 6.00. The molecular weight excluding hydrogens is 228 g/mol. The van der Waals surface area contributed by atoms with E-state index in [1.807, 2.05) is 12.1 Å². The van der Waals surface area contributed by atoms with Crippen LogP contribution in [0.2, 0.25) is 5.02 Å². The van der Waals surface area contributed by atoms with Gasteiger partial charge in [0.05, 0.1) is 23.0 Å². The second kappa shape index (κ2) is 4.14. The monoisotopic (exact) mass is 238 g/mol. The number of halogens is 1. The molecule has 1 heterocycles. The fourth-order valence-corrected chi connectivity index (χ4v) is 1.73. The van der Waals surface area contributed by atoms with Crippen LogP contribution in [0.1, 0.15) is 6.92 Å². The van der Waals surface area contributed by atoms with Gasteiger partial charge in [-0.1, -0.05) is 24.6 Å². The first-order valence-corrected chi connectivity index (χ1v) is 5.30. The Morgan fingerprint density at radius 2 is 2.38 bits per heavy atom. The van der Waals surface area contributed by atoms with Crippen LogP contribution in [0.5, 0.6) is 0 Å². The maximum atomic E-state index is 10.7. The Kier molecular flexibility index (Phi) is 2.83. The van der Waals surface area contributed by atoms with E-state index in [1.165, 1.54) is 0 Å². The topological polar surface area (TPSA) is 55.1 Å². The Morgan fingerprint density at radius 1 is 1.62 bits per heavy atom. The maximum absolute atomic E-state index is 10.7. The van der Waals surface area contributed by atoms with Crippen LogP contribution in [0, 0.1) is 5.92 Å². The van der Waals surface area contributed by atoms with E-state index < -0.39 is 11.9 Å². The van der Waals surface area contributed by atoms with Gasteiger partial charge in [0, 0.05) is 11.6 Å². The average molecular weight is 239 g/mol. The molecule has 84 valence electrons. The Bertz CT molecular complexity index is 536. The Balaban J connectivity index is 2.33. The number of nitrogens with zero attached hydrogens (tertiary/aromatic N) is 2. The summed E-state index contributed by atoms with van der Waals surface area (Å²) in [6, 6.07) is 5.46. The van der Waals surface area contributed by atoms with Crippen molar-refractivity contribution in [3.8, 4) is 0 Å². The molecule has 4 nitrogen and oxygen atoms in total. The molecule has 16 heavy (non-hydrogen) atoms. The molecule has 1 N–H and O–H groups in total. The predicted molar refractivity (Wildman–Crippen MR) is 61.5 cm³/mol. The van der Waals surface area contributed by atoms with Gasteiger partial charge >= 0.3 is 5.97 Å². The zero-order valence-corrected chi connectivity index (χ0v) is 9.48. The molecule has 5 heteroatoms. The summed E-state index contributed by atoms with van der Waals surface area (Å²) in [6.45, 7) is 2.00. The summed E-state index contributed by atoms with van der Waals surface area (Å²) in [6.07, 6.45) is 1.77. The molecule has 1 unspecified atom stereocenters. The van der Waals surface area contributed by atoms with Crippen LogP contribution in [-0.2, 0) is 11.3 Å². The van der Waals surface area contributed by atoms with Crippen molar-refractivity contribution < 1.29 is 9.90 Å². The first kappa shape index (κ1) is 11.0. The molecule has 0 aliphatic carbocycles. The minimum Gasteiger partial charge on any atom is -0.481 e. The van der Waals surface area contributed by atoms with Crippen molar-refractivity contribution in [3.05, 3.63) is 29.4 Å². The number of fused-ring (bicyclic) bond motifs is 1. The molecule has 1 aromatic heterocycles. The Hall–Kier alpha value is -1.55. The lowest BCUT2D eigenvalue weighted by atomic mass is 10.2. The molecular formula is C11H11ClN2O2. The molecule has 0 aliphatic heterocycles. The van der Waals surface area contributed by atoms with Crippen LogP contribution in [0.4, 0.5) is 0 Å². The molecule has 1 atom stereocenters. The van der Waals surface area contributed by atoms with E-state index in [0.29, 0.717) is 11.6 Å². The van der Waals surface area contributed by atoms with Crippen molar-refractivity contribution in [3.63, 3.8) is 0 Å². The summed E-state index contributed by atoms with van der Waals surface area (Å²) in [7, 11) is 0. The van der Waals surface area contributed by atoms with E-state index in [0.717, 1.165) is 10.9 Å². The van der Waals surface area contributed by atoms with Crippen LogP contribution in [0.15, 0.2) is 24.4 Å². The van der Waals surface area contributed by atoms with Crippen molar-refractivity contribution in [2.24, 2.45) is 5.92 Å². The van der Waals surface area contributed by atoms with E-state index in [4.69, 9.17) is 16.7 Å². The van der Waals surface area contributed by atoms with Crippen molar-refractivity contribution in [2.45, 2.75) is 13.5 Å². The molecule has 2 rings (SSSR count). The van der Waals surface area contributed by atoms with Crippen LogP contribution in [0.25, 0.3) is 10.9 Å². The van der Waals surface area contributed by atoms with Gasteiger partial charge in [0.15, 0.2) is 0 Å². The Labute approximate surface area is 97.4 Å². The zero-order chi connectivity index (χ0) is 11.7. The predicted octanol–water partition coefficient (Wildman–Crippen LogP) is 2.41. The lowest BCUT2D eigenvalue weighted by Gasteiger charge is -2.04. The second-order valence-corrected chi connectivity index (χ2v) is 4.17. The highest BCUT2D eigenvalue weighted by molar-refractivity contribution is 6.35. The van der Waals surface area contributed by atoms with E-state index >= 15 is 0 Å². The number of carboxylic acid groups (broad SMARTS) is 1. The third-order valence-electron chi connectivity index (χ3n) is 2.43. The number of rotatable bonds is 3. The standard InChI is InChI=1S/C11H11ClN2O2/c1-7(11(15)16)5-14-6-8-9(12)3-2-4-10(8)13-14/h2-4,6-7H,5H2,1H3,(H,15,16). The van der Waals surface area contributed by atoms with E-state index in [9.17, 15) is 4.79 Å². The summed E-state index contributed by atoms with van der Waals surface area (Å²) in [5, 5.41) is 14.6. The highest BCUT2D eigenvalue weighted by atomic mass is 35.5. The second-order valence-electron chi connectivity index (χ2n) is 3.76. The van der Waals surface area contributed by atoms with Gasteiger partial charge in [-0.25, -0.2) is 0 Å². The van der Waals surface area contributed by atoms with E-state index in [2.05, 4.69) is 5.10 Å². The number of aliphatic carboxylic acids is 1. The van der Waals surface area contributed by atoms with Crippen molar-refractivity contribution >= 4 is 28.5 Å². The highest BCUT2D eigenvalue weighted by Crippen LogP contribution is 2.22. The van der Waals surface area contributed by atoms with Gasteiger partial charge in [0.1, 0.15) is 0 Å². The lowest BCUT2D eigenvalue weighted by molar-refractivity contribution is -0.141. The summed E-state index contributed by atoms with van der Waals surface area (Å²) in [5.74, 6) is -1.29. The number of hydrogen-bond acceptors (Lipinski definition) is 2. The van der Waals surface area contributed by atoms with Crippen LogP contribution in [-0.4, -0.2) is 20.9 Å². The van der Waals surface area contributed by atoms with Crippen LogP contribution >= 0.6 is 11.6 Å². The molecule has 0 spiro atoms. The first-order valence-electron chi connectivity index (χ1n) is 4.92. The van der Waals surface area contributed by atoms with Gasteiger partial charge in [0.25, 0.3) is 0 Å². The average Bonchev–Trinajstić information content (AvgIpc) is 2.61. The third-order valence-corrected chi connectivity index (χ3v) is 2.76. The molecule has 0 saturated carbocycles. The molecule has 1 aromatic carbocycles. The molecule has 0 radical (unpaired) electrons.